The Morgan fingerprint density at radius 3 is 2.85 bits per heavy atom. The van der Waals surface area contributed by atoms with E-state index in [9.17, 15) is 9.90 Å². The maximum absolute atomic E-state index is 13.0. The van der Waals surface area contributed by atoms with Gasteiger partial charge in [0, 0.05) is 58.7 Å². The first-order valence-corrected chi connectivity index (χ1v) is 11.8. The fourth-order valence-electron chi connectivity index (χ4n) is 4.11. The summed E-state index contributed by atoms with van der Waals surface area (Å²) in [5.74, 6) is -0.178. The van der Waals surface area contributed by atoms with Crippen LogP contribution in [-0.2, 0) is 11.3 Å². The molecule has 2 N–H and O–H groups in total. The molecule has 2 aromatic carbocycles. The largest absolute Gasteiger partial charge is 0.493 e. The summed E-state index contributed by atoms with van der Waals surface area (Å²) in [6.07, 6.45) is 2.32. The van der Waals surface area contributed by atoms with Crippen LogP contribution in [0.3, 0.4) is 0 Å². The second-order valence-electron chi connectivity index (χ2n) is 8.36. The number of carbonyl (C=O) groups excluding carboxylic acids is 1. The van der Waals surface area contributed by atoms with E-state index in [0.29, 0.717) is 47.1 Å². The molecule has 1 aliphatic heterocycles. The highest BCUT2D eigenvalue weighted by Crippen LogP contribution is 2.40. The Morgan fingerprint density at radius 1 is 1.21 bits per heavy atom. The third-order valence-electron chi connectivity index (χ3n) is 6.04. The maximum atomic E-state index is 13.0. The summed E-state index contributed by atoms with van der Waals surface area (Å²) >= 11 is 3.52. The number of hydrogen-bond donors (Lipinski definition) is 2. The van der Waals surface area contributed by atoms with Crippen LogP contribution < -0.4 is 0 Å². The predicted molar refractivity (Wildman–Crippen MR) is 131 cm³/mol. The minimum atomic E-state index is -0.141. The molecule has 4 aromatic rings. The van der Waals surface area contributed by atoms with Gasteiger partial charge in [0.1, 0.15) is 12.2 Å². The van der Waals surface area contributed by atoms with E-state index in [4.69, 9.17) is 9.25 Å². The standard InChI is InChI=1S/C24H24BrN5O4/c1-29-6-8-30(9-7-29)24(32)17-13-18(25)21-19(14-17)26-23(31)22(21)27-28-34-11-4-15-2-3-20-16(12-15)5-10-33-20/h2-3,5,10,12-14,26,31H,4,6-9,11H2,1H3. The third-order valence-corrected chi connectivity index (χ3v) is 6.66. The zero-order valence-corrected chi connectivity index (χ0v) is 20.2. The number of halogens is 1. The lowest BCUT2D eigenvalue weighted by Crippen LogP contribution is -2.47. The summed E-state index contributed by atoms with van der Waals surface area (Å²) in [5.41, 5.74) is 3.32. The molecule has 0 radical (unpaired) electrons. The van der Waals surface area contributed by atoms with Gasteiger partial charge in [-0.25, -0.2) is 0 Å². The average molecular weight is 526 g/mol. The van der Waals surface area contributed by atoms with E-state index in [1.165, 1.54) is 0 Å². The van der Waals surface area contributed by atoms with Crippen LogP contribution in [0.1, 0.15) is 15.9 Å². The van der Waals surface area contributed by atoms with Gasteiger partial charge in [0.15, 0.2) is 5.69 Å². The molecule has 9 nitrogen and oxygen atoms in total. The number of furan rings is 1. The molecule has 0 saturated carbocycles. The molecule has 1 amide bonds. The third kappa shape index (κ3) is 4.51. The summed E-state index contributed by atoms with van der Waals surface area (Å²) in [6.45, 7) is 3.41. The Labute approximate surface area is 204 Å². The van der Waals surface area contributed by atoms with Crippen LogP contribution in [0, 0.1) is 0 Å². The summed E-state index contributed by atoms with van der Waals surface area (Å²) in [6, 6.07) is 11.4. The molecule has 3 heterocycles. The Bertz CT molecular complexity index is 1370. The van der Waals surface area contributed by atoms with Crippen molar-refractivity contribution in [3.8, 4) is 5.88 Å². The second kappa shape index (κ2) is 9.47. The van der Waals surface area contributed by atoms with E-state index < -0.39 is 0 Å². The van der Waals surface area contributed by atoms with Crippen molar-refractivity contribution >= 4 is 49.4 Å². The number of nitrogens with one attached hydrogen (secondary N) is 1. The number of hydrogen-bond acceptors (Lipinski definition) is 7. The summed E-state index contributed by atoms with van der Waals surface area (Å²) in [4.78, 5) is 25.2. The van der Waals surface area contributed by atoms with Crippen molar-refractivity contribution in [3.05, 3.63) is 58.3 Å². The second-order valence-corrected chi connectivity index (χ2v) is 9.21. The highest BCUT2D eigenvalue weighted by molar-refractivity contribution is 9.10. The van der Waals surface area contributed by atoms with Crippen LogP contribution in [0.4, 0.5) is 5.69 Å². The topological polar surface area (TPSA) is 107 Å². The summed E-state index contributed by atoms with van der Waals surface area (Å²) in [5, 5.41) is 19.9. The molecular weight excluding hydrogens is 502 g/mol. The van der Waals surface area contributed by atoms with E-state index in [1.54, 1.807) is 18.4 Å². The Morgan fingerprint density at radius 2 is 2.03 bits per heavy atom. The number of likely N-dealkylation sites (N-methyl/N-ethyl adjacent to an activating group) is 1. The molecule has 0 bridgehead atoms. The quantitative estimate of drug-likeness (QED) is 0.208. The fourth-order valence-corrected chi connectivity index (χ4v) is 4.76. The van der Waals surface area contributed by atoms with Crippen LogP contribution in [0.5, 0.6) is 5.88 Å². The molecule has 34 heavy (non-hydrogen) atoms. The number of benzene rings is 2. The molecule has 0 aliphatic carbocycles. The molecule has 0 atom stereocenters. The molecule has 1 saturated heterocycles. The monoisotopic (exact) mass is 525 g/mol. The highest BCUT2D eigenvalue weighted by atomic mass is 79.9. The number of piperazine rings is 1. The number of H-pyrrole nitrogens is 1. The molecule has 2 aromatic heterocycles. The number of nitrogens with zero attached hydrogens (tertiary/aromatic N) is 4. The molecule has 0 spiro atoms. The zero-order chi connectivity index (χ0) is 23.7. The summed E-state index contributed by atoms with van der Waals surface area (Å²) in [7, 11) is 2.05. The highest BCUT2D eigenvalue weighted by Gasteiger charge is 2.23. The Kier molecular flexibility index (Phi) is 6.25. The molecule has 176 valence electrons. The maximum Gasteiger partial charge on any atom is 0.254 e. The van der Waals surface area contributed by atoms with E-state index in [1.807, 2.05) is 36.2 Å². The molecule has 10 heteroatoms. The molecule has 0 unspecified atom stereocenters. The van der Waals surface area contributed by atoms with Crippen LogP contribution in [0.2, 0.25) is 0 Å². The average Bonchev–Trinajstić information content (AvgIpc) is 3.42. The van der Waals surface area contributed by atoms with Crippen LogP contribution in [-0.4, -0.2) is 65.6 Å². The van der Waals surface area contributed by atoms with Gasteiger partial charge in [-0.3, -0.25) is 4.79 Å². The first-order valence-electron chi connectivity index (χ1n) is 11.0. The van der Waals surface area contributed by atoms with Crippen LogP contribution in [0.15, 0.2) is 61.9 Å². The van der Waals surface area contributed by atoms with Gasteiger partial charge < -0.3 is 29.1 Å². The lowest BCUT2D eigenvalue weighted by atomic mass is 10.1. The number of amides is 1. The van der Waals surface area contributed by atoms with Crippen molar-refractivity contribution in [2.75, 3.05) is 39.8 Å². The van der Waals surface area contributed by atoms with Gasteiger partial charge in [-0.15, -0.1) is 5.11 Å². The van der Waals surface area contributed by atoms with E-state index in [0.717, 1.165) is 29.6 Å². The van der Waals surface area contributed by atoms with Gasteiger partial charge in [0.05, 0.1) is 11.8 Å². The van der Waals surface area contributed by atoms with Crippen molar-refractivity contribution in [1.29, 1.82) is 0 Å². The molecular formula is C24H24BrN5O4. The normalized spacial score (nSPS) is 15.1. The number of carbonyl (C=O) groups is 1. The summed E-state index contributed by atoms with van der Waals surface area (Å²) < 4.78 is 5.99. The molecule has 5 rings (SSSR count). The number of aromatic nitrogens is 1. The van der Waals surface area contributed by atoms with E-state index in [2.05, 4.69) is 36.2 Å². The number of aromatic amines is 1. The first kappa shape index (κ1) is 22.4. The minimum Gasteiger partial charge on any atom is -0.493 e. The number of fused-ring (bicyclic) bond motifs is 2. The lowest BCUT2D eigenvalue weighted by Gasteiger charge is -2.32. The zero-order valence-electron chi connectivity index (χ0n) is 18.6. The van der Waals surface area contributed by atoms with Crippen LogP contribution in [0.25, 0.3) is 21.9 Å². The SMILES string of the molecule is CN1CCN(C(=O)c2cc(Br)c3c(N=NOCCc4ccc5occc5c4)c(O)[nH]c3c2)CC1. The lowest BCUT2D eigenvalue weighted by molar-refractivity contribution is 0.0664. The Balaban J connectivity index is 1.27. The smallest absolute Gasteiger partial charge is 0.254 e. The van der Waals surface area contributed by atoms with Crippen molar-refractivity contribution < 1.29 is 19.2 Å². The predicted octanol–water partition coefficient (Wildman–Crippen LogP) is 5.03. The van der Waals surface area contributed by atoms with Gasteiger partial charge in [-0.05, 0) is 58.9 Å². The van der Waals surface area contributed by atoms with Crippen LogP contribution >= 0.6 is 15.9 Å². The van der Waals surface area contributed by atoms with E-state index in [-0.39, 0.29) is 17.5 Å². The van der Waals surface area contributed by atoms with Crippen molar-refractivity contribution in [2.45, 2.75) is 6.42 Å². The molecule has 1 fully saturated rings. The van der Waals surface area contributed by atoms with Gasteiger partial charge >= 0.3 is 0 Å². The minimum absolute atomic E-state index is 0.0371. The fraction of sp³-hybridized carbons (Fsp3) is 0.292. The van der Waals surface area contributed by atoms with Crippen molar-refractivity contribution in [2.24, 2.45) is 10.4 Å². The van der Waals surface area contributed by atoms with E-state index >= 15 is 0 Å². The van der Waals surface area contributed by atoms with Gasteiger partial charge in [-0.2, -0.15) is 0 Å². The van der Waals surface area contributed by atoms with Gasteiger partial charge in [0.25, 0.3) is 5.91 Å². The van der Waals surface area contributed by atoms with Crippen molar-refractivity contribution in [3.63, 3.8) is 0 Å². The number of aromatic hydroxyl groups is 1. The Hall–Kier alpha value is -3.37. The number of rotatable bonds is 6. The van der Waals surface area contributed by atoms with Gasteiger partial charge in [0.2, 0.25) is 5.88 Å². The molecule has 1 aliphatic rings. The first-order chi connectivity index (χ1) is 16.5. The van der Waals surface area contributed by atoms with Gasteiger partial charge in [-0.1, -0.05) is 6.07 Å². The van der Waals surface area contributed by atoms with Crippen molar-refractivity contribution in [1.82, 2.24) is 14.8 Å².